The number of urea groups is 1. The molecule has 2 aromatic carbocycles. The number of nitrogens with one attached hydrogen (secondary N) is 2. The van der Waals surface area contributed by atoms with Crippen molar-refractivity contribution in [3.05, 3.63) is 53.1 Å². The molecule has 0 atom stereocenters. The fourth-order valence-corrected chi connectivity index (χ4v) is 5.54. The van der Waals surface area contributed by atoms with Crippen LogP contribution < -0.4 is 20.3 Å². The van der Waals surface area contributed by atoms with Crippen LogP contribution in [0, 0.1) is 0 Å². The van der Waals surface area contributed by atoms with Gasteiger partial charge in [-0.25, -0.2) is 18.0 Å². The Kier molecular flexibility index (Phi) is 9.23. The van der Waals surface area contributed by atoms with E-state index in [1.165, 1.54) is 23.5 Å². The van der Waals surface area contributed by atoms with Gasteiger partial charge in [0.25, 0.3) is 5.91 Å². The summed E-state index contributed by atoms with van der Waals surface area (Å²) in [6.07, 6.45) is 0. The molecule has 0 aliphatic carbocycles. The average molecular weight is 567 g/mol. The van der Waals surface area contributed by atoms with Crippen molar-refractivity contribution in [3.63, 3.8) is 0 Å². The van der Waals surface area contributed by atoms with E-state index in [1.54, 1.807) is 26.8 Å². The van der Waals surface area contributed by atoms with Gasteiger partial charge in [-0.2, -0.15) is 4.31 Å². The Bertz CT molecular complexity index is 1300. The topological polar surface area (TPSA) is 134 Å². The van der Waals surface area contributed by atoms with E-state index in [0.29, 0.717) is 18.1 Å². The summed E-state index contributed by atoms with van der Waals surface area (Å²) in [6.45, 7) is 5.81. The molecule has 1 heterocycles. The van der Waals surface area contributed by atoms with Gasteiger partial charge in [-0.05, 0) is 57.2 Å². The Balaban J connectivity index is 1.68. The van der Waals surface area contributed by atoms with E-state index < -0.39 is 40.1 Å². The minimum atomic E-state index is -4.02. The van der Waals surface area contributed by atoms with Gasteiger partial charge in [-0.3, -0.25) is 10.1 Å². The lowest BCUT2D eigenvalue weighted by molar-refractivity contribution is -0.123. The largest absolute Gasteiger partial charge is 0.495 e. The second-order valence-electron chi connectivity index (χ2n) is 9.57. The molecule has 0 saturated carbocycles. The molecular weight excluding hydrogens is 536 g/mol. The lowest BCUT2D eigenvalue weighted by Crippen LogP contribution is -2.49. The summed E-state index contributed by atoms with van der Waals surface area (Å²) in [5.74, 6) is -1.70. The van der Waals surface area contributed by atoms with E-state index in [4.69, 9.17) is 21.1 Å². The van der Waals surface area contributed by atoms with Crippen LogP contribution in [-0.2, 0) is 19.6 Å². The predicted octanol–water partition coefficient (Wildman–Crippen LogP) is 2.64. The van der Waals surface area contributed by atoms with Gasteiger partial charge in [0.1, 0.15) is 10.6 Å². The lowest BCUT2D eigenvalue weighted by Gasteiger charge is -2.35. The molecular formula is C25H31ClN4O7S. The zero-order valence-corrected chi connectivity index (χ0v) is 23.2. The average Bonchev–Trinajstić information content (AvgIpc) is 2.85. The highest BCUT2D eigenvalue weighted by molar-refractivity contribution is 7.89. The van der Waals surface area contributed by atoms with Crippen molar-refractivity contribution in [1.82, 2.24) is 14.9 Å². The molecule has 0 aromatic heterocycles. The number of esters is 1. The van der Waals surface area contributed by atoms with Crippen molar-refractivity contribution in [2.45, 2.75) is 31.2 Å². The molecule has 2 aromatic rings. The normalized spacial score (nSPS) is 14.5. The molecule has 0 bridgehead atoms. The molecule has 13 heteroatoms. The summed E-state index contributed by atoms with van der Waals surface area (Å²) in [5, 5.41) is 5.20. The van der Waals surface area contributed by atoms with Crippen LogP contribution in [-0.4, -0.2) is 76.1 Å². The first-order chi connectivity index (χ1) is 17.8. The van der Waals surface area contributed by atoms with Crippen LogP contribution in [0.1, 0.15) is 31.1 Å². The number of hydrogen-bond acceptors (Lipinski definition) is 8. The molecule has 11 nitrogen and oxygen atoms in total. The van der Waals surface area contributed by atoms with Crippen LogP contribution in [0.4, 0.5) is 10.5 Å². The van der Waals surface area contributed by atoms with Gasteiger partial charge in [-0.15, -0.1) is 0 Å². The van der Waals surface area contributed by atoms with Crippen LogP contribution >= 0.6 is 11.6 Å². The van der Waals surface area contributed by atoms with E-state index in [-0.39, 0.29) is 29.3 Å². The van der Waals surface area contributed by atoms with E-state index in [2.05, 4.69) is 10.6 Å². The highest BCUT2D eigenvalue weighted by atomic mass is 35.5. The highest BCUT2D eigenvalue weighted by Crippen LogP contribution is 2.30. The van der Waals surface area contributed by atoms with Crippen LogP contribution in [0.3, 0.4) is 0 Å². The summed E-state index contributed by atoms with van der Waals surface area (Å²) in [5.41, 5.74) is 0.249. The van der Waals surface area contributed by atoms with Crippen molar-refractivity contribution in [2.24, 2.45) is 0 Å². The third-order valence-electron chi connectivity index (χ3n) is 5.50. The smallest absolute Gasteiger partial charge is 0.338 e. The maximum Gasteiger partial charge on any atom is 0.338 e. The molecule has 0 radical (unpaired) electrons. The summed E-state index contributed by atoms with van der Waals surface area (Å²) < 4.78 is 38.5. The van der Waals surface area contributed by atoms with Crippen molar-refractivity contribution >= 4 is 45.2 Å². The van der Waals surface area contributed by atoms with Gasteiger partial charge in [0.2, 0.25) is 10.0 Å². The first kappa shape index (κ1) is 29.2. The standard InChI is InChI=1S/C25H31ClN4O7S/c1-25(2,3)28-24(33)27-22(31)16-37-23(32)17-8-9-20(36-4)21(14-17)38(34,35)30-12-10-29(11-13-30)19-7-5-6-18(26)15-19/h5-9,14-15H,10-13,16H2,1-4H3,(H2,27,28,31,33). The number of halogens is 1. The number of carbonyl (C=O) groups is 3. The van der Waals surface area contributed by atoms with E-state index in [9.17, 15) is 22.8 Å². The Morgan fingerprint density at radius 2 is 1.71 bits per heavy atom. The van der Waals surface area contributed by atoms with Gasteiger partial charge < -0.3 is 19.7 Å². The van der Waals surface area contributed by atoms with Gasteiger partial charge in [0.15, 0.2) is 6.61 Å². The SMILES string of the molecule is COc1ccc(C(=O)OCC(=O)NC(=O)NC(C)(C)C)cc1S(=O)(=O)N1CCN(c2cccc(Cl)c2)CC1. The number of sulfonamides is 1. The highest BCUT2D eigenvalue weighted by Gasteiger charge is 2.32. The maximum absolute atomic E-state index is 13.5. The van der Waals surface area contributed by atoms with Gasteiger partial charge in [0.05, 0.1) is 12.7 Å². The Morgan fingerprint density at radius 1 is 1.03 bits per heavy atom. The summed E-state index contributed by atoms with van der Waals surface area (Å²) in [6, 6.07) is 10.4. The quantitative estimate of drug-likeness (QED) is 0.489. The molecule has 1 fully saturated rings. The number of benzene rings is 2. The second-order valence-corrected chi connectivity index (χ2v) is 11.9. The molecule has 3 rings (SSSR count). The first-order valence-corrected chi connectivity index (χ1v) is 13.6. The minimum Gasteiger partial charge on any atom is -0.495 e. The monoisotopic (exact) mass is 566 g/mol. The van der Waals surface area contributed by atoms with E-state index in [1.807, 2.05) is 23.1 Å². The number of piperazine rings is 1. The minimum absolute atomic E-state index is 0.0652. The van der Waals surface area contributed by atoms with Crippen molar-refractivity contribution < 1.29 is 32.3 Å². The molecule has 1 aliphatic rings. The summed E-state index contributed by atoms with van der Waals surface area (Å²) in [4.78, 5) is 38.2. The van der Waals surface area contributed by atoms with Crippen LogP contribution in [0.5, 0.6) is 5.75 Å². The fraction of sp³-hybridized carbons (Fsp3) is 0.400. The Hall–Kier alpha value is -3.35. The number of ether oxygens (including phenoxy) is 2. The number of imide groups is 1. The number of anilines is 1. The predicted molar refractivity (Wildman–Crippen MR) is 142 cm³/mol. The molecule has 0 spiro atoms. The van der Waals surface area contributed by atoms with Gasteiger partial charge in [0, 0.05) is 42.4 Å². The van der Waals surface area contributed by atoms with Crippen LogP contribution in [0.15, 0.2) is 47.4 Å². The maximum atomic E-state index is 13.5. The van der Waals surface area contributed by atoms with Crippen molar-refractivity contribution in [2.75, 3.05) is 44.8 Å². The zero-order chi connectivity index (χ0) is 28.1. The van der Waals surface area contributed by atoms with Crippen LogP contribution in [0.25, 0.3) is 0 Å². The Morgan fingerprint density at radius 3 is 2.32 bits per heavy atom. The Labute approximate surface area is 227 Å². The van der Waals surface area contributed by atoms with E-state index in [0.717, 1.165) is 11.8 Å². The van der Waals surface area contributed by atoms with Crippen LogP contribution in [0.2, 0.25) is 5.02 Å². The number of methoxy groups -OCH3 is 1. The molecule has 0 unspecified atom stereocenters. The van der Waals surface area contributed by atoms with Gasteiger partial charge in [-0.1, -0.05) is 17.7 Å². The molecule has 38 heavy (non-hydrogen) atoms. The molecule has 2 N–H and O–H groups in total. The van der Waals surface area contributed by atoms with Gasteiger partial charge >= 0.3 is 12.0 Å². The molecule has 1 saturated heterocycles. The summed E-state index contributed by atoms with van der Waals surface area (Å²) in [7, 11) is -2.69. The first-order valence-electron chi connectivity index (χ1n) is 11.8. The number of rotatable bonds is 7. The van der Waals surface area contributed by atoms with Crippen molar-refractivity contribution in [1.29, 1.82) is 0 Å². The van der Waals surface area contributed by atoms with Crippen molar-refractivity contribution in [3.8, 4) is 5.75 Å². The molecule has 206 valence electrons. The lowest BCUT2D eigenvalue weighted by atomic mass is 10.1. The molecule has 3 amide bonds. The van der Waals surface area contributed by atoms with E-state index >= 15 is 0 Å². The molecule has 1 aliphatic heterocycles. The number of hydrogen-bond donors (Lipinski definition) is 2. The number of carbonyl (C=O) groups excluding carboxylic acids is 3. The third-order valence-corrected chi connectivity index (χ3v) is 7.66. The fourth-order valence-electron chi connectivity index (χ4n) is 3.75. The third kappa shape index (κ3) is 7.59. The number of amides is 3. The summed E-state index contributed by atoms with van der Waals surface area (Å²) >= 11 is 6.08. The zero-order valence-electron chi connectivity index (χ0n) is 21.6. The number of nitrogens with zero attached hydrogens (tertiary/aromatic N) is 2. The second kappa shape index (κ2) is 12.0.